The minimum atomic E-state index is 0.130. The fourth-order valence-electron chi connectivity index (χ4n) is 3.04. The van der Waals surface area contributed by atoms with E-state index >= 15 is 0 Å². The van der Waals surface area contributed by atoms with E-state index in [9.17, 15) is 5.11 Å². The molecule has 0 unspecified atom stereocenters. The summed E-state index contributed by atoms with van der Waals surface area (Å²) in [5.41, 5.74) is 3.66. The fraction of sp³-hybridized carbons (Fsp3) is 0.467. The average molecular weight is 229 g/mol. The first-order chi connectivity index (χ1) is 8.38. The lowest BCUT2D eigenvalue weighted by Gasteiger charge is -2.21. The summed E-state index contributed by atoms with van der Waals surface area (Å²) in [5, 5.41) is 10.5. The molecule has 1 saturated carbocycles. The molecule has 0 radical (unpaired) electrons. The highest BCUT2D eigenvalue weighted by Gasteiger charge is 2.18. The van der Waals surface area contributed by atoms with Gasteiger partial charge in [-0.15, -0.1) is 0 Å². The first kappa shape index (κ1) is 10.8. The molecule has 1 fully saturated rings. The van der Waals surface area contributed by atoms with Gasteiger partial charge in [0, 0.05) is 17.1 Å². The van der Waals surface area contributed by atoms with Gasteiger partial charge < -0.3 is 10.1 Å². The normalized spacial score (nSPS) is 17.7. The van der Waals surface area contributed by atoms with E-state index in [1.807, 2.05) is 6.07 Å². The lowest BCUT2D eigenvalue weighted by molar-refractivity contribution is 0.282. The van der Waals surface area contributed by atoms with E-state index in [1.54, 1.807) is 0 Å². The number of aliphatic hydroxyl groups is 1. The molecule has 0 amide bonds. The fourth-order valence-corrected chi connectivity index (χ4v) is 3.04. The van der Waals surface area contributed by atoms with Gasteiger partial charge in [0.05, 0.1) is 6.61 Å². The number of nitrogens with one attached hydrogen (secondary N) is 1. The molecule has 90 valence electrons. The average Bonchev–Trinajstić information content (AvgIpc) is 2.82. The molecule has 1 aliphatic rings. The molecule has 0 bridgehead atoms. The third-order valence-corrected chi connectivity index (χ3v) is 4.01. The van der Waals surface area contributed by atoms with Gasteiger partial charge >= 0.3 is 0 Å². The number of rotatable bonds is 2. The Labute approximate surface area is 102 Å². The molecule has 2 nitrogen and oxygen atoms in total. The maximum atomic E-state index is 9.23. The van der Waals surface area contributed by atoms with Gasteiger partial charge in [-0.1, -0.05) is 25.3 Å². The van der Waals surface area contributed by atoms with Crippen molar-refractivity contribution in [2.75, 3.05) is 0 Å². The lowest BCUT2D eigenvalue weighted by atomic mass is 9.84. The second-order valence-corrected chi connectivity index (χ2v) is 5.12. The Morgan fingerprint density at radius 1 is 1.18 bits per heavy atom. The molecule has 1 heterocycles. The van der Waals surface area contributed by atoms with Crippen LogP contribution in [0.5, 0.6) is 0 Å². The molecule has 2 N–H and O–H groups in total. The van der Waals surface area contributed by atoms with Crippen molar-refractivity contribution in [1.29, 1.82) is 0 Å². The number of fused-ring (bicyclic) bond motifs is 1. The number of hydrogen-bond donors (Lipinski definition) is 2. The highest BCUT2D eigenvalue weighted by molar-refractivity contribution is 5.84. The Morgan fingerprint density at radius 3 is 2.76 bits per heavy atom. The number of aromatic nitrogens is 1. The summed E-state index contributed by atoms with van der Waals surface area (Å²) in [6.07, 6.45) is 8.91. The van der Waals surface area contributed by atoms with Gasteiger partial charge in [0.2, 0.25) is 0 Å². The molecule has 0 saturated heterocycles. The predicted octanol–water partition coefficient (Wildman–Crippen LogP) is 3.71. The van der Waals surface area contributed by atoms with Crippen LogP contribution in [0.4, 0.5) is 0 Å². The van der Waals surface area contributed by atoms with Crippen molar-refractivity contribution in [3.63, 3.8) is 0 Å². The molecular formula is C15H19NO. The first-order valence-corrected chi connectivity index (χ1v) is 6.59. The maximum absolute atomic E-state index is 9.23. The van der Waals surface area contributed by atoms with Gasteiger partial charge in [-0.2, -0.15) is 0 Å². The van der Waals surface area contributed by atoms with Crippen molar-refractivity contribution in [3.8, 4) is 0 Å². The summed E-state index contributed by atoms with van der Waals surface area (Å²) in [4.78, 5) is 3.36. The van der Waals surface area contributed by atoms with E-state index in [0.29, 0.717) is 5.92 Å². The van der Waals surface area contributed by atoms with Gasteiger partial charge in [-0.05, 0) is 42.0 Å². The van der Waals surface area contributed by atoms with Gasteiger partial charge in [0.15, 0.2) is 0 Å². The molecule has 1 aromatic heterocycles. The summed E-state index contributed by atoms with van der Waals surface area (Å²) < 4.78 is 0. The van der Waals surface area contributed by atoms with Crippen LogP contribution in [0.1, 0.15) is 49.1 Å². The Hall–Kier alpha value is -1.28. The monoisotopic (exact) mass is 229 g/mol. The van der Waals surface area contributed by atoms with Gasteiger partial charge in [0.1, 0.15) is 0 Å². The summed E-state index contributed by atoms with van der Waals surface area (Å²) >= 11 is 0. The van der Waals surface area contributed by atoms with Crippen molar-refractivity contribution in [2.45, 2.75) is 44.6 Å². The summed E-state index contributed by atoms with van der Waals surface area (Å²) in [6.45, 7) is 0.130. The van der Waals surface area contributed by atoms with Crippen LogP contribution in [-0.4, -0.2) is 10.1 Å². The lowest BCUT2D eigenvalue weighted by Crippen LogP contribution is -2.03. The second-order valence-electron chi connectivity index (χ2n) is 5.12. The van der Waals surface area contributed by atoms with Crippen LogP contribution in [0.25, 0.3) is 10.9 Å². The van der Waals surface area contributed by atoms with E-state index in [0.717, 1.165) is 5.56 Å². The zero-order valence-electron chi connectivity index (χ0n) is 10.1. The van der Waals surface area contributed by atoms with Crippen LogP contribution in [0.15, 0.2) is 24.4 Å². The molecule has 0 atom stereocenters. The van der Waals surface area contributed by atoms with E-state index < -0.39 is 0 Å². The Kier molecular flexibility index (Phi) is 2.89. The predicted molar refractivity (Wildman–Crippen MR) is 70.0 cm³/mol. The van der Waals surface area contributed by atoms with E-state index in [1.165, 1.54) is 48.6 Å². The SMILES string of the molecule is OCc1ccc2[nH]cc(C3CCCCC3)c2c1. The molecule has 2 heteroatoms. The molecule has 1 aromatic carbocycles. The zero-order valence-corrected chi connectivity index (χ0v) is 10.1. The van der Waals surface area contributed by atoms with Crippen LogP contribution in [-0.2, 0) is 6.61 Å². The molecule has 17 heavy (non-hydrogen) atoms. The number of aromatic amines is 1. The van der Waals surface area contributed by atoms with Gasteiger partial charge in [0.25, 0.3) is 0 Å². The van der Waals surface area contributed by atoms with Crippen LogP contribution in [0.3, 0.4) is 0 Å². The Bertz CT molecular complexity index is 509. The number of benzene rings is 1. The highest BCUT2D eigenvalue weighted by Crippen LogP contribution is 2.36. The van der Waals surface area contributed by atoms with Gasteiger partial charge in [-0.25, -0.2) is 0 Å². The van der Waals surface area contributed by atoms with Crippen molar-refractivity contribution in [2.24, 2.45) is 0 Å². The minimum absolute atomic E-state index is 0.130. The largest absolute Gasteiger partial charge is 0.392 e. The molecule has 2 aromatic rings. The van der Waals surface area contributed by atoms with Crippen LogP contribution in [0.2, 0.25) is 0 Å². The minimum Gasteiger partial charge on any atom is -0.392 e. The standard InChI is InChI=1S/C15H19NO/c17-10-11-6-7-15-13(8-11)14(9-16-15)12-4-2-1-3-5-12/h6-9,12,16-17H,1-5,10H2. The third-order valence-electron chi connectivity index (χ3n) is 4.01. The van der Waals surface area contributed by atoms with E-state index in [2.05, 4.69) is 23.3 Å². The molecule has 0 aliphatic heterocycles. The van der Waals surface area contributed by atoms with Crippen LogP contribution < -0.4 is 0 Å². The van der Waals surface area contributed by atoms with Crippen LogP contribution >= 0.6 is 0 Å². The summed E-state index contributed by atoms with van der Waals surface area (Å²) in [7, 11) is 0. The quantitative estimate of drug-likeness (QED) is 0.809. The second kappa shape index (κ2) is 4.53. The zero-order chi connectivity index (χ0) is 11.7. The summed E-state index contributed by atoms with van der Waals surface area (Å²) in [5.74, 6) is 0.714. The summed E-state index contributed by atoms with van der Waals surface area (Å²) in [6, 6.07) is 6.20. The van der Waals surface area contributed by atoms with Crippen molar-refractivity contribution in [1.82, 2.24) is 4.98 Å². The molecular weight excluding hydrogens is 210 g/mol. The first-order valence-electron chi connectivity index (χ1n) is 6.59. The van der Waals surface area contributed by atoms with Gasteiger partial charge in [-0.3, -0.25) is 0 Å². The number of hydrogen-bond acceptors (Lipinski definition) is 1. The molecule has 3 rings (SSSR count). The Balaban J connectivity index is 2.02. The van der Waals surface area contributed by atoms with Crippen LogP contribution in [0, 0.1) is 0 Å². The molecule has 0 spiro atoms. The number of H-pyrrole nitrogens is 1. The van der Waals surface area contributed by atoms with Crippen molar-refractivity contribution >= 4 is 10.9 Å². The maximum Gasteiger partial charge on any atom is 0.0682 e. The van der Waals surface area contributed by atoms with Crippen molar-refractivity contribution < 1.29 is 5.11 Å². The topological polar surface area (TPSA) is 36.0 Å². The smallest absolute Gasteiger partial charge is 0.0682 e. The van der Waals surface area contributed by atoms with E-state index in [-0.39, 0.29) is 6.61 Å². The molecule has 1 aliphatic carbocycles. The van der Waals surface area contributed by atoms with E-state index in [4.69, 9.17) is 0 Å². The Morgan fingerprint density at radius 2 is 2.00 bits per heavy atom. The third kappa shape index (κ3) is 1.98. The number of aliphatic hydroxyl groups excluding tert-OH is 1. The van der Waals surface area contributed by atoms with Crippen molar-refractivity contribution in [3.05, 3.63) is 35.5 Å². The highest BCUT2D eigenvalue weighted by atomic mass is 16.3.